The average Bonchev–Trinajstić information content (AvgIpc) is 3.04. The Kier molecular flexibility index (Phi) is 6.95. The van der Waals surface area contributed by atoms with E-state index in [0.717, 1.165) is 25.0 Å². The first-order valence-corrected chi connectivity index (χ1v) is 9.82. The monoisotopic (exact) mass is 373 g/mol. The lowest BCUT2D eigenvalue weighted by Crippen LogP contribution is -2.58. The Morgan fingerprint density at radius 3 is 2.72 bits per heavy atom. The molecule has 5 N–H and O–H groups in total. The molecule has 9 heteroatoms. The van der Waals surface area contributed by atoms with Crippen LogP contribution in [0.5, 0.6) is 0 Å². The summed E-state index contributed by atoms with van der Waals surface area (Å²) < 4.78 is 0. The molecule has 0 aliphatic carbocycles. The van der Waals surface area contributed by atoms with Crippen LogP contribution >= 0.6 is 11.8 Å². The Balaban J connectivity index is 2.09. The smallest absolute Gasteiger partial charge is 0.328 e. The van der Waals surface area contributed by atoms with Gasteiger partial charge in [-0.2, -0.15) is 11.8 Å². The predicted octanol–water partition coefficient (Wildman–Crippen LogP) is 1.09. The zero-order valence-corrected chi connectivity index (χ0v) is 15.2. The molecule has 0 aromatic rings. The second kappa shape index (κ2) is 8.75. The van der Waals surface area contributed by atoms with Crippen molar-refractivity contribution in [3.8, 4) is 0 Å². The van der Waals surface area contributed by atoms with Gasteiger partial charge in [0.25, 0.3) is 0 Å². The first-order chi connectivity index (χ1) is 11.9. The van der Waals surface area contributed by atoms with Gasteiger partial charge >= 0.3 is 18.0 Å². The van der Waals surface area contributed by atoms with Crippen molar-refractivity contribution in [3.63, 3.8) is 0 Å². The molecule has 2 rings (SSSR count). The molecule has 2 saturated heterocycles. The Morgan fingerprint density at radius 1 is 1.40 bits per heavy atom. The van der Waals surface area contributed by atoms with Gasteiger partial charge in [-0.15, -0.1) is 0 Å². The van der Waals surface area contributed by atoms with Crippen molar-refractivity contribution in [2.24, 2.45) is 5.73 Å². The lowest BCUT2D eigenvalue weighted by Gasteiger charge is -2.35. The summed E-state index contributed by atoms with van der Waals surface area (Å²) in [6.45, 7) is 1.93. The largest absolute Gasteiger partial charge is 0.481 e. The molecule has 2 unspecified atom stereocenters. The number of nitrogens with one attached hydrogen (secondary N) is 1. The van der Waals surface area contributed by atoms with Gasteiger partial charge in [-0.3, -0.25) is 4.79 Å². The molecule has 142 valence electrons. The third kappa shape index (κ3) is 4.58. The third-order valence-corrected chi connectivity index (χ3v) is 6.35. The summed E-state index contributed by atoms with van der Waals surface area (Å²) in [6.07, 6.45) is 3.51. The number of carboxylic acid groups (broad SMARTS) is 2. The lowest BCUT2D eigenvalue weighted by atomic mass is 9.97. The summed E-state index contributed by atoms with van der Waals surface area (Å²) in [7, 11) is 0. The van der Waals surface area contributed by atoms with Crippen LogP contribution in [-0.2, 0) is 9.59 Å². The number of nitrogens with two attached hydrogens (primary N) is 1. The van der Waals surface area contributed by atoms with E-state index in [0.29, 0.717) is 12.8 Å². The highest BCUT2D eigenvalue weighted by Crippen LogP contribution is 2.39. The minimum absolute atomic E-state index is 0.0716. The fraction of sp³-hybridized carbons (Fsp3) is 0.812. The molecule has 5 atom stereocenters. The molecule has 0 spiro atoms. The number of rotatable bonds is 10. The fourth-order valence-electron chi connectivity index (χ4n) is 3.74. The Hall–Kier alpha value is -1.48. The van der Waals surface area contributed by atoms with E-state index in [1.807, 2.05) is 6.92 Å². The normalized spacial score (nSPS) is 27.7. The topological polar surface area (TPSA) is 133 Å². The van der Waals surface area contributed by atoms with Crippen molar-refractivity contribution in [1.82, 2.24) is 10.2 Å². The van der Waals surface area contributed by atoms with E-state index in [-0.39, 0.29) is 29.8 Å². The summed E-state index contributed by atoms with van der Waals surface area (Å²) in [4.78, 5) is 36.3. The van der Waals surface area contributed by atoms with Crippen LogP contribution in [-0.4, -0.2) is 68.3 Å². The van der Waals surface area contributed by atoms with Crippen LogP contribution in [0.2, 0.25) is 0 Å². The standard InChI is InChI=1S/C16H27N3O5S/c1-2-5-9(17)13(15(22)23)19-14-10(18-16(19)24)8-25-11(14)6-3-4-7-12(20)21/h9-11,13-14H,2-8,17H2,1H3,(H,18,24)(H,20,21)(H,22,23)/t9?,10-,11-,13?,14-/m1/s1. The number of carboxylic acids is 2. The molecule has 0 aromatic carbocycles. The molecule has 0 bridgehead atoms. The zero-order chi connectivity index (χ0) is 18.6. The van der Waals surface area contributed by atoms with E-state index in [9.17, 15) is 19.5 Å². The number of carbonyl (C=O) groups excluding carboxylic acids is 1. The summed E-state index contributed by atoms with van der Waals surface area (Å²) in [6, 6.07) is -2.27. The van der Waals surface area contributed by atoms with Crippen LogP contribution < -0.4 is 11.1 Å². The van der Waals surface area contributed by atoms with Crippen molar-refractivity contribution < 1.29 is 24.6 Å². The maximum atomic E-state index is 12.4. The predicted molar refractivity (Wildman–Crippen MR) is 94.6 cm³/mol. The number of nitrogens with zero attached hydrogens (tertiary/aromatic N) is 1. The molecule has 2 amide bonds. The first kappa shape index (κ1) is 19.8. The summed E-state index contributed by atoms with van der Waals surface area (Å²) in [5.74, 6) is -1.14. The van der Waals surface area contributed by atoms with Gasteiger partial charge in [-0.25, -0.2) is 9.59 Å². The molecule has 8 nitrogen and oxygen atoms in total. The highest BCUT2D eigenvalue weighted by Gasteiger charge is 2.53. The molecule has 0 aromatic heterocycles. The van der Waals surface area contributed by atoms with Gasteiger partial charge in [0.15, 0.2) is 0 Å². The van der Waals surface area contributed by atoms with E-state index in [4.69, 9.17) is 10.8 Å². The van der Waals surface area contributed by atoms with Gasteiger partial charge < -0.3 is 26.2 Å². The van der Waals surface area contributed by atoms with Crippen LogP contribution in [0.1, 0.15) is 45.4 Å². The number of carbonyl (C=O) groups is 3. The molecule has 2 fully saturated rings. The molecule has 2 aliphatic rings. The number of amides is 2. The highest BCUT2D eigenvalue weighted by molar-refractivity contribution is 8.00. The van der Waals surface area contributed by atoms with E-state index in [1.54, 1.807) is 11.8 Å². The second-order valence-electron chi connectivity index (χ2n) is 6.70. The van der Waals surface area contributed by atoms with E-state index in [1.165, 1.54) is 4.90 Å². The number of aliphatic carboxylic acids is 2. The van der Waals surface area contributed by atoms with Gasteiger partial charge in [0.1, 0.15) is 6.04 Å². The molecular weight excluding hydrogens is 346 g/mol. The lowest BCUT2D eigenvalue weighted by molar-refractivity contribution is -0.143. The third-order valence-electron chi connectivity index (χ3n) is 4.86. The number of hydrogen-bond donors (Lipinski definition) is 4. The molecule has 0 radical (unpaired) electrons. The molecule has 2 heterocycles. The molecule has 2 aliphatic heterocycles. The second-order valence-corrected chi connectivity index (χ2v) is 7.97. The van der Waals surface area contributed by atoms with Crippen molar-refractivity contribution in [3.05, 3.63) is 0 Å². The van der Waals surface area contributed by atoms with Crippen molar-refractivity contribution >= 4 is 29.7 Å². The van der Waals surface area contributed by atoms with Crippen molar-refractivity contribution in [1.29, 1.82) is 0 Å². The van der Waals surface area contributed by atoms with Gasteiger partial charge in [0.05, 0.1) is 12.1 Å². The number of unbranched alkanes of at least 4 members (excludes halogenated alkanes) is 1. The number of urea groups is 1. The summed E-state index contributed by atoms with van der Waals surface area (Å²) >= 11 is 1.72. The van der Waals surface area contributed by atoms with E-state index in [2.05, 4.69) is 5.32 Å². The Bertz CT molecular complexity index is 518. The van der Waals surface area contributed by atoms with Crippen molar-refractivity contribution in [2.45, 2.75) is 74.9 Å². The van der Waals surface area contributed by atoms with E-state index >= 15 is 0 Å². The van der Waals surface area contributed by atoms with Crippen LogP contribution in [0.4, 0.5) is 4.79 Å². The van der Waals surface area contributed by atoms with Crippen LogP contribution in [0.25, 0.3) is 0 Å². The number of fused-ring (bicyclic) bond motifs is 1. The maximum absolute atomic E-state index is 12.4. The average molecular weight is 373 g/mol. The SMILES string of the molecule is CCCC(N)C(C(=O)O)N1C(=O)N[C@@H]2CS[C@H](CCCCC(=O)O)[C@@H]21. The maximum Gasteiger partial charge on any atom is 0.328 e. The minimum Gasteiger partial charge on any atom is -0.481 e. The minimum atomic E-state index is -1.07. The number of thioether (sulfide) groups is 1. The van der Waals surface area contributed by atoms with Gasteiger partial charge in [0.2, 0.25) is 0 Å². The quantitative estimate of drug-likeness (QED) is 0.333. The summed E-state index contributed by atoms with van der Waals surface area (Å²) in [5.41, 5.74) is 6.08. The number of hydrogen-bond acceptors (Lipinski definition) is 5. The van der Waals surface area contributed by atoms with Gasteiger partial charge in [-0.05, 0) is 19.3 Å². The molecule has 25 heavy (non-hydrogen) atoms. The highest BCUT2D eigenvalue weighted by atomic mass is 32.2. The Labute approximate surface area is 151 Å². The fourth-order valence-corrected chi connectivity index (χ4v) is 5.33. The van der Waals surface area contributed by atoms with E-state index < -0.39 is 24.0 Å². The van der Waals surface area contributed by atoms with Crippen LogP contribution in [0, 0.1) is 0 Å². The van der Waals surface area contributed by atoms with Crippen molar-refractivity contribution in [2.75, 3.05) is 5.75 Å². The zero-order valence-electron chi connectivity index (χ0n) is 14.4. The van der Waals surface area contributed by atoms with Gasteiger partial charge in [-0.1, -0.05) is 19.8 Å². The Morgan fingerprint density at radius 2 is 2.12 bits per heavy atom. The first-order valence-electron chi connectivity index (χ1n) is 8.77. The van der Waals surface area contributed by atoms with Gasteiger partial charge in [0, 0.05) is 23.5 Å². The van der Waals surface area contributed by atoms with Crippen LogP contribution in [0.3, 0.4) is 0 Å². The molecule has 0 saturated carbocycles. The van der Waals surface area contributed by atoms with Crippen LogP contribution in [0.15, 0.2) is 0 Å². The molecular formula is C16H27N3O5S. The summed E-state index contributed by atoms with van der Waals surface area (Å²) in [5, 5.41) is 21.4.